The van der Waals surface area contributed by atoms with Gasteiger partial charge in [-0.15, -0.1) is 6.42 Å². The van der Waals surface area contributed by atoms with Gasteiger partial charge in [-0.2, -0.15) is 0 Å². The van der Waals surface area contributed by atoms with Crippen LogP contribution in [0.3, 0.4) is 0 Å². The molecule has 10 heteroatoms. The molecule has 122 valence electrons. The number of aliphatic hydroxyl groups excluding tert-OH is 2. The molecular formula is C13H15N5O5. The zero-order valence-electron chi connectivity index (χ0n) is 12.1. The van der Waals surface area contributed by atoms with E-state index in [1.54, 1.807) is 0 Å². The second kappa shape index (κ2) is 7.13. The van der Waals surface area contributed by atoms with Crippen molar-refractivity contribution in [1.29, 1.82) is 0 Å². The normalized spacial score (nSPS) is 23.3. The van der Waals surface area contributed by atoms with Crippen LogP contribution in [0, 0.1) is 12.3 Å². The van der Waals surface area contributed by atoms with E-state index >= 15 is 0 Å². The smallest absolute Gasteiger partial charge is 0.333 e. The first-order valence-electron chi connectivity index (χ1n) is 6.77. The Balaban J connectivity index is 2.50. The van der Waals surface area contributed by atoms with Gasteiger partial charge in [0.1, 0.15) is 6.23 Å². The molecule has 1 unspecified atom stereocenters. The Hall–Kier alpha value is -2.57. The first-order valence-corrected chi connectivity index (χ1v) is 6.77. The maximum Gasteiger partial charge on any atom is 0.333 e. The number of azide groups is 1. The van der Waals surface area contributed by atoms with E-state index in [9.17, 15) is 19.8 Å². The third-order valence-electron chi connectivity index (χ3n) is 3.58. The predicted octanol–water partition coefficient (Wildman–Crippen LogP) is -0.906. The fourth-order valence-corrected chi connectivity index (χ4v) is 2.46. The van der Waals surface area contributed by atoms with Crippen molar-refractivity contribution < 1.29 is 14.9 Å². The van der Waals surface area contributed by atoms with Crippen LogP contribution in [0.1, 0.15) is 18.2 Å². The minimum Gasteiger partial charge on any atom is -0.394 e. The van der Waals surface area contributed by atoms with E-state index in [1.807, 2.05) is 0 Å². The van der Waals surface area contributed by atoms with E-state index in [0.717, 1.165) is 9.13 Å². The molecule has 1 aliphatic heterocycles. The van der Waals surface area contributed by atoms with Crippen molar-refractivity contribution in [2.75, 3.05) is 6.61 Å². The lowest BCUT2D eigenvalue weighted by atomic mass is 10.1. The molecule has 2 rings (SSSR count). The van der Waals surface area contributed by atoms with Crippen molar-refractivity contribution in [2.24, 2.45) is 5.11 Å². The number of hydrogen-bond donors (Lipinski definition) is 2. The SMILES string of the molecule is C#CCn1c(=O)c(CO)cn([C@H]2CC(N=[N+]=[N-])[C@@H](CO)O2)c1=O. The Bertz CT molecular complexity index is 785. The summed E-state index contributed by atoms with van der Waals surface area (Å²) in [4.78, 5) is 27.1. The van der Waals surface area contributed by atoms with E-state index in [4.69, 9.17) is 16.7 Å². The van der Waals surface area contributed by atoms with Gasteiger partial charge in [0, 0.05) is 17.5 Å². The fraction of sp³-hybridized carbons (Fsp3) is 0.538. The summed E-state index contributed by atoms with van der Waals surface area (Å²) in [7, 11) is 0. The molecule has 2 N–H and O–H groups in total. The molecule has 1 saturated heterocycles. The Morgan fingerprint density at radius 2 is 2.26 bits per heavy atom. The quantitative estimate of drug-likeness (QED) is 0.312. The van der Waals surface area contributed by atoms with Crippen LogP contribution in [0.2, 0.25) is 0 Å². The highest BCUT2D eigenvalue weighted by molar-refractivity contribution is 5.07. The number of aliphatic hydroxyl groups is 2. The van der Waals surface area contributed by atoms with Crippen molar-refractivity contribution in [2.45, 2.75) is 37.9 Å². The molecule has 0 radical (unpaired) electrons. The third-order valence-corrected chi connectivity index (χ3v) is 3.58. The van der Waals surface area contributed by atoms with Crippen LogP contribution >= 0.6 is 0 Å². The molecule has 1 fully saturated rings. The number of terminal acetylenes is 1. The highest BCUT2D eigenvalue weighted by Gasteiger charge is 2.36. The van der Waals surface area contributed by atoms with Crippen molar-refractivity contribution in [3.05, 3.63) is 43.0 Å². The molecule has 0 amide bonds. The first-order chi connectivity index (χ1) is 11.1. The second-order valence-electron chi connectivity index (χ2n) is 4.92. The van der Waals surface area contributed by atoms with Crippen LogP contribution < -0.4 is 11.2 Å². The maximum absolute atomic E-state index is 12.4. The lowest BCUT2D eigenvalue weighted by Crippen LogP contribution is -2.42. The van der Waals surface area contributed by atoms with Gasteiger partial charge in [-0.05, 0) is 5.53 Å². The molecule has 0 aromatic carbocycles. The Morgan fingerprint density at radius 3 is 2.83 bits per heavy atom. The zero-order chi connectivity index (χ0) is 17.0. The Kier molecular flexibility index (Phi) is 5.20. The summed E-state index contributed by atoms with van der Waals surface area (Å²) in [5.41, 5.74) is 7.15. The minimum absolute atomic E-state index is 0.0174. The molecule has 3 atom stereocenters. The average Bonchev–Trinajstić information content (AvgIpc) is 2.95. The molecular weight excluding hydrogens is 306 g/mol. The first kappa shape index (κ1) is 16.8. The molecule has 10 nitrogen and oxygen atoms in total. The van der Waals surface area contributed by atoms with Crippen molar-refractivity contribution >= 4 is 0 Å². The molecule has 1 aliphatic rings. The van der Waals surface area contributed by atoms with Crippen LogP contribution in [0.5, 0.6) is 0 Å². The number of rotatable bonds is 5. The lowest BCUT2D eigenvalue weighted by molar-refractivity contribution is -0.0278. The highest BCUT2D eigenvalue weighted by Crippen LogP contribution is 2.29. The molecule has 0 saturated carbocycles. The van der Waals surface area contributed by atoms with Gasteiger partial charge in [0.05, 0.1) is 37.5 Å². The van der Waals surface area contributed by atoms with Gasteiger partial charge in [0.25, 0.3) is 5.56 Å². The van der Waals surface area contributed by atoms with Crippen LogP contribution in [0.15, 0.2) is 20.9 Å². The van der Waals surface area contributed by atoms with Gasteiger partial charge in [-0.1, -0.05) is 11.0 Å². The van der Waals surface area contributed by atoms with Gasteiger partial charge in [0.15, 0.2) is 0 Å². The van der Waals surface area contributed by atoms with Gasteiger partial charge < -0.3 is 14.9 Å². The largest absolute Gasteiger partial charge is 0.394 e. The van der Waals surface area contributed by atoms with Gasteiger partial charge in [-0.25, -0.2) is 9.36 Å². The summed E-state index contributed by atoms with van der Waals surface area (Å²) >= 11 is 0. The van der Waals surface area contributed by atoms with Crippen LogP contribution in [0.25, 0.3) is 10.4 Å². The van der Waals surface area contributed by atoms with Crippen molar-refractivity contribution in [1.82, 2.24) is 9.13 Å². The number of hydrogen-bond acceptors (Lipinski definition) is 6. The standard InChI is InChI=1S/C13H15N5O5/c1-2-3-17-12(21)8(6-19)5-18(13(17)22)11-4-9(15-16-14)10(7-20)23-11/h1,5,9-11,19-20H,3-4,6-7H2/t9?,10-,11-/m1/s1. The lowest BCUT2D eigenvalue weighted by Gasteiger charge is -2.17. The summed E-state index contributed by atoms with van der Waals surface area (Å²) < 4.78 is 7.43. The van der Waals surface area contributed by atoms with Crippen LogP contribution in [-0.2, 0) is 17.9 Å². The van der Waals surface area contributed by atoms with E-state index in [2.05, 4.69) is 15.9 Å². The molecule has 1 aromatic rings. The van der Waals surface area contributed by atoms with Gasteiger partial charge >= 0.3 is 5.69 Å². The summed E-state index contributed by atoms with van der Waals surface area (Å²) in [6, 6.07) is -0.646. The molecule has 23 heavy (non-hydrogen) atoms. The van der Waals surface area contributed by atoms with Crippen LogP contribution in [0.4, 0.5) is 0 Å². The second-order valence-corrected chi connectivity index (χ2v) is 4.92. The average molecular weight is 321 g/mol. The summed E-state index contributed by atoms with van der Waals surface area (Å²) in [6.07, 6.45) is 4.90. The molecule has 2 heterocycles. The molecule has 0 bridgehead atoms. The van der Waals surface area contributed by atoms with Crippen molar-refractivity contribution in [3.63, 3.8) is 0 Å². The summed E-state index contributed by atoms with van der Waals surface area (Å²) in [6.45, 7) is -1.20. The third kappa shape index (κ3) is 3.13. The van der Waals surface area contributed by atoms with Gasteiger partial charge in [0.2, 0.25) is 0 Å². The van der Waals surface area contributed by atoms with E-state index in [-0.39, 0.29) is 25.1 Å². The topological polar surface area (TPSA) is 142 Å². The number of aromatic nitrogens is 2. The number of ether oxygens (including phenoxy) is 1. The van der Waals surface area contributed by atoms with E-state index in [1.165, 1.54) is 6.20 Å². The maximum atomic E-state index is 12.4. The highest BCUT2D eigenvalue weighted by atomic mass is 16.5. The van der Waals surface area contributed by atoms with Crippen LogP contribution in [-0.4, -0.2) is 38.1 Å². The molecule has 0 aliphatic carbocycles. The van der Waals surface area contributed by atoms with Gasteiger partial charge in [-0.3, -0.25) is 9.36 Å². The monoisotopic (exact) mass is 321 g/mol. The Labute approximate surface area is 130 Å². The summed E-state index contributed by atoms with van der Waals surface area (Å²) in [5.74, 6) is 2.20. The van der Waals surface area contributed by atoms with Crippen molar-refractivity contribution in [3.8, 4) is 12.3 Å². The molecule has 1 aromatic heterocycles. The fourth-order valence-electron chi connectivity index (χ4n) is 2.46. The van der Waals surface area contributed by atoms with E-state index in [0.29, 0.717) is 0 Å². The minimum atomic E-state index is -0.843. The Morgan fingerprint density at radius 1 is 1.52 bits per heavy atom. The predicted molar refractivity (Wildman–Crippen MR) is 78.3 cm³/mol. The molecule has 0 spiro atoms. The zero-order valence-corrected chi connectivity index (χ0v) is 12.1. The summed E-state index contributed by atoms with van der Waals surface area (Å²) in [5, 5.41) is 22.1. The van der Waals surface area contributed by atoms with E-state index < -0.39 is 36.2 Å². The number of nitrogens with zero attached hydrogens (tertiary/aromatic N) is 5.